The molecule has 3 rings (SSSR count). The number of nitrogens with one attached hydrogen (secondary N) is 1. The van der Waals surface area contributed by atoms with Crippen LogP contribution in [-0.4, -0.2) is 17.1 Å². The van der Waals surface area contributed by atoms with E-state index >= 15 is 0 Å². The summed E-state index contributed by atoms with van der Waals surface area (Å²) in [6.07, 6.45) is 4.50. The number of aromatic nitrogens is 1. The van der Waals surface area contributed by atoms with Crippen LogP contribution in [0.3, 0.4) is 0 Å². The fourth-order valence-electron chi connectivity index (χ4n) is 2.47. The number of hydrogen-bond donors (Lipinski definition) is 1. The number of hydrogen-bond acceptors (Lipinski definition) is 4. The minimum absolute atomic E-state index is 0.490. The molecular formula is C17H23N3S. The van der Waals surface area contributed by atoms with E-state index in [9.17, 15) is 0 Å². The molecule has 1 fully saturated rings. The Hall–Kier alpha value is -1.39. The van der Waals surface area contributed by atoms with E-state index in [1.807, 2.05) is 23.6 Å². The molecule has 0 bridgehead atoms. The molecule has 1 aliphatic carbocycles. The quantitative estimate of drug-likeness (QED) is 0.843. The third-order valence-electron chi connectivity index (χ3n) is 3.73. The highest BCUT2D eigenvalue weighted by molar-refractivity contribution is 7.09. The van der Waals surface area contributed by atoms with Gasteiger partial charge in [-0.05, 0) is 30.4 Å². The topological polar surface area (TPSA) is 28.2 Å². The van der Waals surface area contributed by atoms with Crippen LogP contribution in [0.25, 0.3) is 0 Å². The third-order valence-corrected chi connectivity index (χ3v) is 4.60. The Bertz CT molecular complexity index is 561. The van der Waals surface area contributed by atoms with Gasteiger partial charge in [0.05, 0.1) is 6.54 Å². The maximum Gasteiger partial charge on any atom is 0.133 e. The molecule has 0 unspecified atom stereocenters. The van der Waals surface area contributed by atoms with Gasteiger partial charge in [0.2, 0.25) is 0 Å². The lowest BCUT2D eigenvalue weighted by molar-refractivity contribution is 0.586. The summed E-state index contributed by atoms with van der Waals surface area (Å²) in [6.45, 7) is 6.23. The summed E-state index contributed by atoms with van der Waals surface area (Å²) in [5, 5.41) is 5.66. The van der Waals surface area contributed by atoms with E-state index in [-0.39, 0.29) is 0 Å². The van der Waals surface area contributed by atoms with E-state index in [4.69, 9.17) is 0 Å². The van der Waals surface area contributed by atoms with Crippen molar-refractivity contribution in [1.82, 2.24) is 10.3 Å². The number of anilines is 1. The molecule has 21 heavy (non-hydrogen) atoms. The van der Waals surface area contributed by atoms with Crippen molar-refractivity contribution in [2.75, 3.05) is 4.90 Å². The van der Waals surface area contributed by atoms with Crippen molar-refractivity contribution >= 4 is 17.2 Å². The zero-order valence-electron chi connectivity index (χ0n) is 12.7. The van der Waals surface area contributed by atoms with Crippen molar-refractivity contribution in [3.63, 3.8) is 0 Å². The molecule has 1 aliphatic rings. The standard InChI is InChI=1S/C17H23N3S/c1-13(2)19-11-14-5-3-9-18-17(14)20(15-7-8-15)12-16-6-4-10-21-16/h3-6,9-10,13,15,19H,7-8,11-12H2,1-2H3. The van der Waals surface area contributed by atoms with Gasteiger partial charge in [0.1, 0.15) is 5.82 Å². The van der Waals surface area contributed by atoms with Gasteiger partial charge in [-0.3, -0.25) is 0 Å². The van der Waals surface area contributed by atoms with Crippen molar-refractivity contribution in [1.29, 1.82) is 0 Å². The number of nitrogens with zero attached hydrogens (tertiary/aromatic N) is 2. The first kappa shape index (κ1) is 14.5. The summed E-state index contributed by atoms with van der Waals surface area (Å²) < 4.78 is 0. The Morgan fingerprint density at radius 1 is 1.33 bits per heavy atom. The molecule has 3 nitrogen and oxygen atoms in total. The number of pyridine rings is 1. The van der Waals surface area contributed by atoms with E-state index in [2.05, 4.69) is 52.6 Å². The zero-order chi connectivity index (χ0) is 14.7. The minimum atomic E-state index is 0.490. The van der Waals surface area contributed by atoms with Gasteiger partial charge >= 0.3 is 0 Å². The molecule has 112 valence electrons. The fourth-order valence-corrected chi connectivity index (χ4v) is 3.18. The number of thiophene rings is 1. The molecule has 2 aromatic rings. The van der Waals surface area contributed by atoms with Crippen molar-refractivity contribution in [3.8, 4) is 0 Å². The predicted molar refractivity (Wildman–Crippen MR) is 89.7 cm³/mol. The van der Waals surface area contributed by atoms with Crippen LogP contribution in [-0.2, 0) is 13.1 Å². The second-order valence-electron chi connectivity index (χ2n) is 5.96. The molecule has 0 spiro atoms. The summed E-state index contributed by atoms with van der Waals surface area (Å²) in [6, 6.07) is 9.74. The SMILES string of the molecule is CC(C)NCc1cccnc1N(Cc1cccs1)C1CC1. The first-order chi connectivity index (χ1) is 10.2. The van der Waals surface area contributed by atoms with Gasteiger partial charge in [0.25, 0.3) is 0 Å². The van der Waals surface area contributed by atoms with Gasteiger partial charge in [-0.15, -0.1) is 11.3 Å². The molecule has 0 atom stereocenters. The smallest absolute Gasteiger partial charge is 0.133 e. The maximum atomic E-state index is 4.69. The van der Waals surface area contributed by atoms with Crippen molar-refractivity contribution < 1.29 is 0 Å². The summed E-state index contributed by atoms with van der Waals surface area (Å²) in [7, 11) is 0. The molecule has 0 aliphatic heterocycles. The zero-order valence-corrected chi connectivity index (χ0v) is 13.6. The highest BCUT2D eigenvalue weighted by Gasteiger charge is 2.31. The van der Waals surface area contributed by atoms with Crippen LogP contribution in [0.15, 0.2) is 35.8 Å². The highest BCUT2D eigenvalue weighted by atomic mass is 32.1. The molecule has 0 aromatic carbocycles. The first-order valence-corrected chi connectivity index (χ1v) is 8.58. The van der Waals surface area contributed by atoms with Crippen molar-refractivity contribution in [2.24, 2.45) is 0 Å². The molecule has 0 radical (unpaired) electrons. The summed E-state index contributed by atoms with van der Waals surface area (Å²) >= 11 is 1.83. The Morgan fingerprint density at radius 3 is 2.86 bits per heavy atom. The van der Waals surface area contributed by atoms with Crippen LogP contribution < -0.4 is 10.2 Å². The lowest BCUT2D eigenvalue weighted by Gasteiger charge is -2.25. The first-order valence-electron chi connectivity index (χ1n) is 7.70. The lowest BCUT2D eigenvalue weighted by Crippen LogP contribution is -2.29. The average Bonchev–Trinajstić information content (AvgIpc) is 3.20. The third kappa shape index (κ3) is 3.83. The maximum absolute atomic E-state index is 4.69. The van der Waals surface area contributed by atoms with Crippen molar-refractivity contribution in [2.45, 2.75) is 51.9 Å². The molecule has 1 N–H and O–H groups in total. The highest BCUT2D eigenvalue weighted by Crippen LogP contribution is 2.34. The van der Waals surface area contributed by atoms with Crippen LogP contribution in [0, 0.1) is 0 Å². The fraction of sp³-hybridized carbons (Fsp3) is 0.471. The van der Waals surface area contributed by atoms with Gasteiger partial charge in [-0.1, -0.05) is 26.0 Å². The van der Waals surface area contributed by atoms with Gasteiger partial charge < -0.3 is 10.2 Å². The second-order valence-corrected chi connectivity index (χ2v) is 6.99. The summed E-state index contributed by atoms with van der Waals surface area (Å²) in [5.74, 6) is 1.15. The second kappa shape index (κ2) is 6.58. The Balaban J connectivity index is 1.81. The molecule has 2 heterocycles. The van der Waals surface area contributed by atoms with Crippen LogP contribution in [0.5, 0.6) is 0 Å². The molecular weight excluding hydrogens is 278 g/mol. The van der Waals surface area contributed by atoms with E-state index in [1.165, 1.54) is 23.3 Å². The largest absolute Gasteiger partial charge is 0.348 e. The van der Waals surface area contributed by atoms with E-state index in [1.54, 1.807) is 0 Å². The monoisotopic (exact) mass is 301 g/mol. The predicted octanol–water partition coefficient (Wildman–Crippen LogP) is 3.81. The van der Waals surface area contributed by atoms with Gasteiger partial charge in [0.15, 0.2) is 0 Å². The van der Waals surface area contributed by atoms with Crippen LogP contribution >= 0.6 is 11.3 Å². The average molecular weight is 301 g/mol. The Morgan fingerprint density at radius 2 is 2.19 bits per heavy atom. The van der Waals surface area contributed by atoms with Crippen LogP contribution in [0.2, 0.25) is 0 Å². The lowest BCUT2D eigenvalue weighted by atomic mass is 10.2. The summed E-state index contributed by atoms with van der Waals surface area (Å²) in [4.78, 5) is 8.59. The van der Waals surface area contributed by atoms with Crippen LogP contribution in [0.1, 0.15) is 37.1 Å². The van der Waals surface area contributed by atoms with E-state index in [0.29, 0.717) is 12.1 Å². The van der Waals surface area contributed by atoms with Crippen LogP contribution in [0.4, 0.5) is 5.82 Å². The Labute approximate surface area is 131 Å². The minimum Gasteiger partial charge on any atom is -0.348 e. The molecule has 4 heteroatoms. The molecule has 1 saturated carbocycles. The molecule has 0 saturated heterocycles. The summed E-state index contributed by atoms with van der Waals surface area (Å²) in [5.41, 5.74) is 1.30. The molecule has 0 amide bonds. The number of rotatable bonds is 7. The van der Waals surface area contributed by atoms with Gasteiger partial charge in [-0.25, -0.2) is 4.98 Å². The Kier molecular flexibility index (Phi) is 4.56. The van der Waals surface area contributed by atoms with Gasteiger partial charge in [-0.2, -0.15) is 0 Å². The van der Waals surface area contributed by atoms with E-state index < -0.39 is 0 Å². The normalized spacial score (nSPS) is 14.6. The van der Waals surface area contributed by atoms with Gasteiger partial charge in [0, 0.05) is 35.3 Å². The van der Waals surface area contributed by atoms with Crippen molar-refractivity contribution in [3.05, 3.63) is 46.3 Å². The van der Waals surface area contributed by atoms with E-state index in [0.717, 1.165) is 18.9 Å². The molecule has 2 aromatic heterocycles.